The Labute approximate surface area is 127 Å². The van der Waals surface area contributed by atoms with Gasteiger partial charge >= 0.3 is 5.97 Å². The highest BCUT2D eigenvalue weighted by Gasteiger charge is 2.26. The van der Waals surface area contributed by atoms with Crippen LogP contribution in [0.25, 0.3) is 0 Å². The van der Waals surface area contributed by atoms with Crippen molar-refractivity contribution in [2.75, 3.05) is 11.9 Å². The van der Waals surface area contributed by atoms with Crippen molar-refractivity contribution in [1.82, 2.24) is 0 Å². The maximum absolute atomic E-state index is 11.2. The summed E-state index contributed by atoms with van der Waals surface area (Å²) in [5.41, 5.74) is 2.04. The van der Waals surface area contributed by atoms with Gasteiger partial charge in [-0.05, 0) is 37.5 Å². The molecule has 3 atom stereocenters. The number of benzene rings is 1. The fourth-order valence-corrected chi connectivity index (χ4v) is 2.89. The fourth-order valence-electron chi connectivity index (χ4n) is 2.52. The van der Waals surface area contributed by atoms with Crippen molar-refractivity contribution in [2.24, 2.45) is 0 Å². The second kappa shape index (κ2) is 6.59. The molecular weight excluding hydrogens is 322 g/mol. The van der Waals surface area contributed by atoms with Crippen LogP contribution in [0, 0.1) is 6.92 Å². The first-order valence-electron chi connectivity index (χ1n) is 6.84. The number of halogens is 1. The molecule has 0 amide bonds. The van der Waals surface area contributed by atoms with Gasteiger partial charge in [-0.2, -0.15) is 0 Å². The number of nitrogens with one attached hydrogen (secondary N) is 1. The molecule has 1 aliphatic rings. The summed E-state index contributed by atoms with van der Waals surface area (Å²) in [5, 5.41) is 12.6. The largest absolute Gasteiger partial charge is 0.478 e. The topological polar surface area (TPSA) is 58.6 Å². The summed E-state index contributed by atoms with van der Waals surface area (Å²) in [6, 6.07) is 5.67. The van der Waals surface area contributed by atoms with Gasteiger partial charge in [0.25, 0.3) is 0 Å². The van der Waals surface area contributed by atoms with Gasteiger partial charge in [-0.15, -0.1) is 0 Å². The predicted molar refractivity (Wildman–Crippen MR) is 82.9 cm³/mol. The fraction of sp³-hybridized carbons (Fsp3) is 0.533. The number of anilines is 1. The first-order chi connectivity index (χ1) is 9.49. The third-order valence-corrected chi connectivity index (χ3v) is 4.34. The number of alkyl halides is 1. The molecule has 1 heterocycles. The molecule has 0 spiro atoms. The van der Waals surface area contributed by atoms with Crippen LogP contribution < -0.4 is 5.32 Å². The number of rotatable bonds is 4. The summed E-state index contributed by atoms with van der Waals surface area (Å²) >= 11 is 3.56. The van der Waals surface area contributed by atoms with Gasteiger partial charge in [0.2, 0.25) is 0 Å². The SMILES string of the molecule is Cc1c(NC2CCOC(C(C)Br)C2)cccc1C(=O)O. The summed E-state index contributed by atoms with van der Waals surface area (Å²) in [4.78, 5) is 11.5. The van der Waals surface area contributed by atoms with Crippen molar-refractivity contribution in [3.8, 4) is 0 Å². The average molecular weight is 342 g/mol. The molecule has 4 nitrogen and oxygen atoms in total. The van der Waals surface area contributed by atoms with Crippen LogP contribution in [0.15, 0.2) is 18.2 Å². The molecular formula is C15H20BrNO3. The van der Waals surface area contributed by atoms with Crippen LogP contribution in [0.2, 0.25) is 0 Å². The van der Waals surface area contributed by atoms with E-state index < -0.39 is 5.97 Å². The second-order valence-electron chi connectivity index (χ2n) is 5.24. The third-order valence-electron chi connectivity index (χ3n) is 3.75. The Bertz CT molecular complexity index is 490. The van der Waals surface area contributed by atoms with Gasteiger partial charge in [0.15, 0.2) is 0 Å². The van der Waals surface area contributed by atoms with E-state index in [2.05, 4.69) is 28.2 Å². The van der Waals surface area contributed by atoms with Crippen molar-refractivity contribution in [1.29, 1.82) is 0 Å². The van der Waals surface area contributed by atoms with E-state index in [1.54, 1.807) is 12.1 Å². The molecule has 5 heteroatoms. The highest BCUT2D eigenvalue weighted by molar-refractivity contribution is 9.09. The molecule has 2 N–H and O–H groups in total. The molecule has 0 saturated carbocycles. The zero-order valence-corrected chi connectivity index (χ0v) is 13.3. The van der Waals surface area contributed by atoms with E-state index in [4.69, 9.17) is 9.84 Å². The summed E-state index contributed by atoms with van der Waals surface area (Å²) in [6.45, 7) is 4.66. The standard InChI is InChI=1S/C15H20BrNO3/c1-9-12(15(18)19)4-3-5-13(9)17-11-6-7-20-14(8-11)10(2)16/h3-5,10-11,14,17H,6-8H2,1-2H3,(H,18,19). The van der Waals surface area contributed by atoms with E-state index in [9.17, 15) is 4.79 Å². The van der Waals surface area contributed by atoms with Gasteiger partial charge in [0, 0.05) is 23.2 Å². The molecule has 0 aromatic heterocycles. The minimum absolute atomic E-state index is 0.198. The molecule has 20 heavy (non-hydrogen) atoms. The smallest absolute Gasteiger partial charge is 0.336 e. The van der Waals surface area contributed by atoms with E-state index in [1.165, 1.54) is 0 Å². The molecule has 1 aromatic rings. The van der Waals surface area contributed by atoms with Crippen molar-refractivity contribution in [3.63, 3.8) is 0 Å². The van der Waals surface area contributed by atoms with Crippen molar-refractivity contribution in [3.05, 3.63) is 29.3 Å². The van der Waals surface area contributed by atoms with Crippen molar-refractivity contribution in [2.45, 2.75) is 43.7 Å². The molecule has 1 aliphatic heterocycles. The lowest BCUT2D eigenvalue weighted by Crippen LogP contribution is -2.37. The van der Waals surface area contributed by atoms with Crippen LogP contribution >= 0.6 is 15.9 Å². The quantitative estimate of drug-likeness (QED) is 0.823. The number of carboxylic acids is 1. The van der Waals surface area contributed by atoms with Crippen LogP contribution in [0.4, 0.5) is 5.69 Å². The number of ether oxygens (including phenoxy) is 1. The van der Waals surface area contributed by atoms with E-state index >= 15 is 0 Å². The summed E-state index contributed by atoms with van der Waals surface area (Å²) in [6.07, 6.45) is 2.06. The Morgan fingerprint density at radius 2 is 2.30 bits per heavy atom. The second-order valence-corrected chi connectivity index (χ2v) is 6.68. The van der Waals surface area contributed by atoms with Crippen LogP contribution in [-0.4, -0.2) is 34.7 Å². The summed E-state index contributed by atoms with van der Waals surface area (Å²) in [7, 11) is 0. The number of aromatic carboxylic acids is 1. The number of carbonyl (C=O) groups is 1. The molecule has 0 radical (unpaired) electrons. The Hall–Kier alpha value is -1.07. The van der Waals surface area contributed by atoms with Crippen LogP contribution in [0.5, 0.6) is 0 Å². The Morgan fingerprint density at radius 1 is 1.55 bits per heavy atom. The maximum atomic E-state index is 11.2. The maximum Gasteiger partial charge on any atom is 0.336 e. The Kier molecular flexibility index (Phi) is 5.05. The molecule has 0 aliphatic carbocycles. The van der Waals surface area contributed by atoms with Gasteiger partial charge in [-0.25, -0.2) is 4.79 Å². The zero-order chi connectivity index (χ0) is 14.7. The van der Waals surface area contributed by atoms with Gasteiger partial charge in [0.1, 0.15) is 0 Å². The summed E-state index contributed by atoms with van der Waals surface area (Å²) < 4.78 is 5.72. The normalized spacial score (nSPS) is 24.1. The molecule has 110 valence electrons. The Balaban J connectivity index is 2.10. The van der Waals surface area contributed by atoms with Crippen LogP contribution in [-0.2, 0) is 4.74 Å². The number of hydrogen-bond donors (Lipinski definition) is 2. The first kappa shape index (κ1) is 15.3. The zero-order valence-electron chi connectivity index (χ0n) is 11.7. The minimum Gasteiger partial charge on any atom is -0.478 e. The van der Waals surface area contributed by atoms with E-state index in [-0.39, 0.29) is 6.10 Å². The molecule has 3 unspecified atom stereocenters. The van der Waals surface area contributed by atoms with E-state index in [0.29, 0.717) is 16.4 Å². The molecule has 1 aromatic carbocycles. The lowest BCUT2D eigenvalue weighted by molar-refractivity contribution is 0.0138. The van der Waals surface area contributed by atoms with Gasteiger partial charge < -0.3 is 15.2 Å². The van der Waals surface area contributed by atoms with E-state index in [1.807, 2.05) is 13.0 Å². The number of hydrogen-bond acceptors (Lipinski definition) is 3. The molecule has 1 fully saturated rings. The van der Waals surface area contributed by atoms with Gasteiger partial charge in [-0.1, -0.05) is 28.9 Å². The van der Waals surface area contributed by atoms with E-state index in [0.717, 1.165) is 30.7 Å². The van der Waals surface area contributed by atoms with Gasteiger partial charge in [-0.3, -0.25) is 0 Å². The molecule has 0 bridgehead atoms. The third kappa shape index (κ3) is 3.52. The predicted octanol–water partition coefficient (Wildman–Crippen LogP) is 3.44. The van der Waals surface area contributed by atoms with Crippen molar-refractivity contribution < 1.29 is 14.6 Å². The first-order valence-corrected chi connectivity index (χ1v) is 7.75. The van der Waals surface area contributed by atoms with Crippen LogP contribution in [0.3, 0.4) is 0 Å². The summed E-state index contributed by atoms with van der Waals surface area (Å²) in [5.74, 6) is -0.884. The lowest BCUT2D eigenvalue weighted by atomic mass is 10.00. The number of carboxylic acid groups (broad SMARTS) is 1. The molecule has 2 rings (SSSR count). The highest BCUT2D eigenvalue weighted by Crippen LogP contribution is 2.26. The monoisotopic (exact) mass is 341 g/mol. The van der Waals surface area contributed by atoms with Crippen molar-refractivity contribution >= 4 is 27.6 Å². The van der Waals surface area contributed by atoms with Crippen LogP contribution in [0.1, 0.15) is 35.7 Å². The average Bonchev–Trinajstić information content (AvgIpc) is 2.41. The minimum atomic E-state index is -0.884. The lowest BCUT2D eigenvalue weighted by Gasteiger charge is -2.32. The molecule has 1 saturated heterocycles. The van der Waals surface area contributed by atoms with Gasteiger partial charge in [0.05, 0.1) is 11.7 Å². The highest BCUT2D eigenvalue weighted by atomic mass is 79.9. The Morgan fingerprint density at radius 3 is 2.95 bits per heavy atom.